The summed E-state index contributed by atoms with van der Waals surface area (Å²) >= 11 is 3.39. The van der Waals surface area contributed by atoms with E-state index in [4.69, 9.17) is 9.15 Å². The van der Waals surface area contributed by atoms with Crippen molar-refractivity contribution < 1.29 is 19.1 Å². The Bertz CT molecular complexity index is 1460. The number of halogens is 1. The number of benzene rings is 2. The summed E-state index contributed by atoms with van der Waals surface area (Å²) < 4.78 is 11.9. The molecule has 0 saturated heterocycles. The molecule has 0 aliphatic carbocycles. The average Bonchev–Trinajstić information content (AvgIpc) is 3.07. The molecule has 1 N–H and O–H groups in total. The molecule has 32 heavy (non-hydrogen) atoms. The van der Waals surface area contributed by atoms with Crippen molar-refractivity contribution in [3.8, 4) is 11.5 Å². The highest BCUT2D eigenvalue weighted by molar-refractivity contribution is 9.10. The summed E-state index contributed by atoms with van der Waals surface area (Å²) in [6.45, 7) is 1.82. The summed E-state index contributed by atoms with van der Waals surface area (Å²) in [6, 6.07) is 14.3. The van der Waals surface area contributed by atoms with Crippen LogP contribution in [0, 0.1) is 6.92 Å². The third-order valence-corrected chi connectivity index (χ3v) is 5.97. The molecule has 1 aliphatic rings. The molecule has 0 fully saturated rings. The number of phenols is 1. The molecular formula is C24H17BrN2O5. The number of methoxy groups -OCH3 is 1. The van der Waals surface area contributed by atoms with Crippen LogP contribution in [-0.2, 0) is 0 Å². The number of aromatic hydroxyl groups is 1. The highest BCUT2D eigenvalue weighted by Crippen LogP contribution is 2.42. The number of aromatic nitrogens is 1. The Morgan fingerprint density at radius 3 is 2.69 bits per heavy atom. The SMILES string of the molecule is COc1cc([C@@H]2c3c(oc4ccc(Br)cc4c3=O)C(=O)N2c2cccc(C)n2)ccc1O. The second-order valence-electron chi connectivity index (χ2n) is 7.46. The quantitative estimate of drug-likeness (QED) is 0.444. The third kappa shape index (κ3) is 3.06. The van der Waals surface area contributed by atoms with Crippen molar-refractivity contribution in [3.05, 3.63) is 91.9 Å². The zero-order valence-electron chi connectivity index (χ0n) is 17.1. The van der Waals surface area contributed by atoms with Gasteiger partial charge in [-0.3, -0.25) is 14.5 Å². The summed E-state index contributed by atoms with van der Waals surface area (Å²) in [7, 11) is 1.44. The second kappa shape index (κ2) is 7.49. The smallest absolute Gasteiger partial charge is 0.296 e. The van der Waals surface area contributed by atoms with Crippen molar-refractivity contribution in [2.45, 2.75) is 13.0 Å². The zero-order chi connectivity index (χ0) is 22.6. The van der Waals surface area contributed by atoms with E-state index in [9.17, 15) is 14.7 Å². The van der Waals surface area contributed by atoms with Gasteiger partial charge in [0, 0.05) is 10.2 Å². The van der Waals surface area contributed by atoms with E-state index in [0.717, 1.165) is 10.2 Å². The molecule has 7 nitrogen and oxygen atoms in total. The van der Waals surface area contributed by atoms with Crippen LogP contribution in [0.25, 0.3) is 11.0 Å². The number of amides is 1. The van der Waals surface area contributed by atoms with Gasteiger partial charge < -0.3 is 14.3 Å². The van der Waals surface area contributed by atoms with Crippen molar-refractivity contribution in [2.75, 3.05) is 12.0 Å². The summed E-state index contributed by atoms with van der Waals surface area (Å²) in [4.78, 5) is 33.1. The predicted molar refractivity (Wildman–Crippen MR) is 122 cm³/mol. The Hall–Kier alpha value is -3.65. The Balaban J connectivity index is 1.83. The molecule has 0 unspecified atom stereocenters. The van der Waals surface area contributed by atoms with Crippen LogP contribution in [0.2, 0.25) is 0 Å². The molecule has 8 heteroatoms. The molecule has 1 aliphatic heterocycles. The Morgan fingerprint density at radius 2 is 1.94 bits per heavy atom. The molecule has 0 saturated carbocycles. The molecule has 3 heterocycles. The van der Waals surface area contributed by atoms with Gasteiger partial charge >= 0.3 is 0 Å². The van der Waals surface area contributed by atoms with Crippen LogP contribution in [0.4, 0.5) is 5.82 Å². The van der Waals surface area contributed by atoms with E-state index in [1.54, 1.807) is 42.5 Å². The fourth-order valence-electron chi connectivity index (χ4n) is 4.02. The van der Waals surface area contributed by atoms with Gasteiger partial charge in [0.15, 0.2) is 16.9 Å². The maximum absolute atomic E-state index is 13.6. The van der Waals surface area contributed by atoms with Crippen LogP contribution in [0.15, 0.2) is 68.3 Å². The number of ether oxygens (including phenoxy) is 1. The van der Waals surface area contributed by atoms with Crippen LogP contribution >= 0.6 is 15.9 Å². The fraction of sp³-hybridized carbons (Fsp3) is 0.125. The van der Waals surface area contributed by atoms with E-state index in [2.05, 4.69) is 20.9 Å². The first-order valence-electron chi connectivity index (χ1n) is 9.79. The van der Waals surface area contributed by atoms with Crippen molar-refractivity contribution in [3.63, 3.8) is 0 Å². The molecule has 4 aromatic rings. The Morgan fingerprint density at radius 1 is 1.12 bits per heavy atom. The highest BCUT2D eigenvalue weighted by Gasteiger charge is 2.44. The van der Waals surface area contributed by atoms with E-state index >= 15 is 0 Å². The Labute approximate surface area is 191 Å². The zero-order valence-corrected chi connectivity index (χ0v) is 18.7. The van der Waals surface area contributed by atoms with E-state index in [1.807, 2.05) is 13.0 Å². The molecule has 1 amide bonds. The number of aryl methyl sites for hydroxylation is 1. The summed E-state index contributed by atoms with van der Waals surface area (Å²) in [5.74, 6) is 0.0919. The lowest BCUT2D eigenvalue weighted by Crippen LogP contribution is -2.30. The van der Waals surface area contributed by atoms with E-state index in [0.29, 0.717) is 22.4 Å². The van der Waals surface area contributed by atoms with Gasteiger partial charge in [-0.25, -0.2) is 4.98 Å². The number of carbonyl (C=O) groups is 1. The number of hydrogen-bond acceptors (Lipinski definition) is 6. The predicted octanol–water partition coefficient (Wildman–Crippen LogP) is 4.72. The Kier molecular flexibility index (Phi) is 4.74. The molecule has 0 bridgehead atoms. The van der Waals surface area contributed by atoms with Crippen LogP contribution in [-0.4, -0.2) is 23.1 Å². The number of nitrogens with zero attached hydrogens (tertiary/aromatic N) is 2. The molecule has 160 valence electrons. The van der Waals surface area contributed by atoms with Crippen LogP contribution in [0.3, 0.4) is 0 Å². The number of carbonyl (C=O) groups excluding carboxylic acids is 1. The van der Waals surface area contributed by atoms with Crippen molar-refractivity contribution in [1.29, 1.82) is 0 Å². The van der Waals surface area contributed by atoms with Gasteiger partial charge in [0.05, 0.1) is 24.1 Å². The lowest BCUT2D eigenvalue weighted by molar-refractivity contribution is 0.0970. The van der Waals surface area contributed by atoms with E-state index < -0.39 is 11.9 Å². The van der Waals surface area contributed by atoms with Gasteiger partial charge in [-0.1, -0.05) is 28.1 Å². The summed E-state index contributed by atoms with van der Waals surface area (Å²) in [5.41, 5.74) is 1.55. The van der Waals surface area contributed by atoms with Gasteiger partial charge in [-0.05, 0) is 55.0 Å². The van der Waals surface area contributed by atoms with Crippen molar-refractivity contribution in [2.24, 2.45) is 0 Å². The lowest BCUT2D eigenvalue weighted by atomic mass is 9.98. The molecule has 5 rings (SSSR count). The van der Waals surface area contributed by atoms with Gasteiger partial charge in [0.1, 0.15) is 11.4 Å². The number of rotatable bonds is 3. The first kappa shape index (κ1) is 20.3. The topological polar surface area (TPSA) is 92.9 Å². The highest BCUT2D eigenvalue weighted by atomic mass is 79.9. The maximum Gasteiger partial charge on any atom is 0.296 e. The van der Waals surface area contributed by atoms with Crippen molar-refractivity contribution in [1.82, 2.24) is 4.98 Å². The minimum atomic E-state index is -0.805. The fourth-order valence-corrected chi connectivity index (χ4v) is 4.38. The first-order valence-corrected chi connectivity index (χ1v) is 10.6. The largest absolute Gasteiger partial charge is 0.504 e. The summed E-state index contributed by atoms with van der Waals surface area (Å²) in [5, 5.41) is 10.4. The van der Waals surface area contributed by atoms with Crippen LogP contribution in [0.1, 0.15) is 33.4 Å². The lowest BCUT2D eigenvalue weighted by Gasteiger charge is -2.24. The van der Waals surface area contributed by atoms with Gasteiger partial charge in [-0.2, -0.15) is 0 Å². The normalized spacial score (nSPS) is 15.3. The number of pyridine rings is 1. The molecule has 2 aromatic heterocycles. The van der Waals surface area contributed by atoms with Crippen molar-refractivity contribution >= 4 is 38.6 Å². The average molecular weight is 493 g/mol. The molecule has 2 aromatic carbocycles. The number of phenolic OH excluding ortho intramolecular Hbond substituents is 1. The van der Waals surface area contributed by atoms with E-state index in [-0.39, 0.29) is 28.3 Å². The summed E-state index contributed by atoms with van der Waals surface area (Å²) in [6.07, 6.45) is 0. The molecule has 0 radical (unpaired) electrons. The minimum Gasteiger partial charge on any atom is -0.504 e. The monoisotopic (exact) mass is 492 g/mol. The first-order chi connectivity index (χ1) is 15.4. The number of fused-ring (bicyclic) bond motifs is 2. The van der Waals surface area contributed by atoms with E-state index in [1.165, 1.54) is 18.1 Å². The van der Waals surface area contributed by atoms with Gasteiger partial charge in [-0.15, -0.1) is 0 Å². The van der Waals surface area contributed by atoms with Gasteiger partial charge in [0.2, 0.25) is 5.76 Å². The molecule has 1 atom stereocenters. The second-order valence-corrected chi connectivity index (χ2v) is 8.38. The van der Waals surface area contributed by atoms with Gasteiger partial charge in [0.25, 0.3) is 5.91 Å². The molecule has 0 spiro atoms. The maximum atomic E-state index is 13.6. The molecular weight excluding hydrogens is 476 g/mol. The number of anilines is 1. The van der Waals surface area contributed by atoms with Crippen LogP contribution < -0.4 is 15.1 Å². The minimum absolute atomic E-state index is 0.0230. The van der Waals surface area contributed by atoms with Crippen LogP contribution in [0.5, 0.6) is 11.5 Å². The third-order valence-electron chi connectivity index (χ3n) is 5.47. The number of hydrogen-bond donors (Lipinski definition) is 1. The standard InChI is InChI=1S/C24H17BrN2O5/c1-12-4-3-5-19(26-12)27-21(13-6-8-16(28)18(10-13)31-2)20-22(29)15-11-14(25)7-9-17(15)32-23(20)24(27)30/h3-11,21,28H,1-2H3/t21-/m1/s1.